The Morgan fingerprint density at radius 2 is 1.63 bits per heavy atom. The van der Waals surface area contributed by atoms with Crippen molar-refractivity contribution in [3.05, 3.63) is 35.4 Å². The van der Waals surface area contributed by atoms with Gasteiger partial charge >= 0.3 is 5.97 Å². The van der Waals surface area contributed by atoms with Gasteiger partial charge in [0.2, 0.25) is 5.91 Å². The van der Waals surface area contributed by atoms with Crippen LogP contribution in [0, 0.1) is 0 Å². The predicted molar refractivity (Wildman–Crippen MR) is 96.6 cm³/mol. The van der Waals surface area contributed by atoms with E-state index < -0.39 is 16.2 Å². The van der Waals surface area contributed by atoms with E-state index in [1.807, 2.05) is 0 Å². The fourth-order valence-corrected chi connectivity index (χ4v) is 4.77. The van der Waals surface area contributed by atoms with Crippen molar-refractivity contribution in [2.24, 2.45) is 0 Å². The normalized spacial score (nSPS) is 19.8. The molecule has 0 spiro atoms. The second-order valence-electron chi connectivity index (χ2n) is 6.48. The van der Waals surface area contributed by atoms with Crippen molar-refractivity contribution in [2.45, 2.75) is 6.42 Å². The number of carbonyl (C=O) groups is 2. The summed E-state index contributed by atoms with van der Waals surface area (Å²) in [5.74, 6) is -1.17. The van der Waals surface area contributed by atoms with E-state index in [-0.39, 0.29) is 31.0 Å². The quantitative estimate of drug-likeness (QED) is 0.728. The minimum Gasteiger partial charge on any atom is -0.478 e. The van der Waals surface area contributed by atoms with Gasteiger partial charge in [-0.25, -0.2) is 4.79 Å². The number of amides is 1. The zero-order valence-electron chi connectivity index (χ0n) is 14.9. The maximum Gasteiger partial charge on any atom is 0.335 e. The molecule has 0 aliphatic carbocycles. The van der Waals surface area contributed by atoms with Gasteiger partial charge in [-0.3, -0.25) is 4.79 Å². The number of hydrogen-bond acceptors (Lipinski definition) is 5. The lowest BCUT2D eigenvalue weighted by Crippen LogP contribution is -2.56. The van der Waals surface area contributed by atoms with Gasteiger partial charge in [-0.2, -0.15) is 17.0 Å². The van der Waals surface area contributed by atoms with Gasteiger partial charge in [0.05, 0.1) is 25.2 Å². The van der Waals surface area contributed by atoms with Gasteiger partial charge in [-0.1, -0.05) is 12.1 Å². The molecule has 2 saturated heterocycles. The summed E-state index contributed by atoms with van der Waals surface area (Å²) in [6.45, 7) is 2.63. The second kappa shape index (κ2) is 8.34. The zero-order valence-corrected chi connectivity index (χ0v) is 15.7. The molecule has 10 heteroatoms. The SMILES string of the molecule is O=C(O)c1cccc(CC(=O)N2CCN(S(=O)(=O)N3CCOCC3)CC2)c1. The maximum atomic E-state index is 12.6. The average Bonchev–Trinajstić information content (AvgIpc) is 2.69. The molecule has 9 nitrogen and oxygen atoms in total. The number of carbonyl (C=O) groups excluding carboxylic acids is 1. The molecule has 1 aromatic carbocycles. The fourth-order valence-electron chi connectivity index (χ4n) is 3.21. The van der Waals surface area contributed by atoms with Crippen LogP contribution in [0.5, 0.6) is 0 Å². The smallest absolute Gasteiger partial charge is 0.335 e. The van der Waals surface area contributed by atoms with Crippen LogP contribution < -0.4 is 0 Å². The molecular weight excluding hydrogens is 374 g/mol. The van der Waals surface area contributed by atoms with Crippen LogP contribution in [-0.2, 0) is 26.2 Å². The van der Waals surface area contributed by atoms with E-state index in [0.717, 1.165) is 0 Å². The molecule has 0 saturated carbocycles. The van der Waals surface area contributed by atoms with Gasteiger partial charge in [-0.15, -0.1) is 0 Å². The lowest BCUT2D eigenvalue weighted by molar-refractivity contribution is -0.131. The van der Waals surface area contributed by atoms with Gasteiger partial charge in [0.15, 0.2) is 0 Å². The van der Waals surface area contributed by atoms with Gasteiger partial charge in [0.25, 0.3) is 10.2 Å². The minimum absolute atomic E-state index is 0.0946. The first-order valence-corrected chi connectivity index (χ1v) is 10.2. The standard InChI is InChI=1S/C17H23N3O6S/c21-16(13-14-2-1-3-15(12-14)17(22)23)18-4-6-19(7-5-18)27(24,25)20-8-10-26-11-9-20/h1-3,12H,4-11,13H2,(H,22,23). The Labute approximate surface area is 158 Å². The number of aromatic carboxylic acids is 1. The fraction of sp³-hybridized carbons (Fsp3) is 0.529. The Morgan fingerprint density at radius 1 is 1.00 bits per heavy atom. The number of hydrogen-bond donors (Lipinski definition) is 1. The molecular formula is C17H23N3O6S. The summed E-state index contributed by atoms with van der Waals surface area (Å²) in [5, 5.41) is 9.04. The summed E-state index contributed by atoms with van der Waals surface area (Å²) >= 11 is 0. The molecule has 1 N–H and O–H groups in total. The van der Waals surface area contributed by atoms with Crippen molar-refractivity contribution in [1.82, 2.24) is 13.5 Å². The van der Waals surface area contributed by atoms with Crippen molar-refractivity contribution in [1.29, 1.82) is 0 Å². The van der Waals surface area contributed by atoms with Crippen LogP contribution in [-0.4, -0.2) is 91.4 Å². The molecule has 2 fully saturated rings. The van der Waals surface area contributed by atoms with Crippen molar-refractivity contribution in [3.63, 3.8) is 0 Å². The molecule has 27 heavy (non-hydrogen) atoms. The summed E-state index contributed by atoms with van der Waals surface area (Å²) in [6, 6.07) is 6.29. The highest BCUT2D eigenvalue weighted by Gasteiger charge is 2.34. The Morgan fingerprint density at radius 3 is 2.26 bits per heavy atom. The Kier molecular flexibility index (Phi) is 6.10. The van der Waals surface area contributed by atoms with Crippen LogP contribution in [0.3, 0.4) is 0 Å². The van der Waals surface area contributed by atoms with Crippen molar-refractivity contribution < 1.29 is 27.9 Å². The first kappa shape index (κ1) is 19.7. The monoisotopic (exact) mass is 397 g/mol. The minimum atomic E-state index is -3.52. The Balaban J connectivity index is 1.56. The van der Waals surface area contributed by atoms with Crippen LogP contribution in [0.1, 0.15) is 15.9 Å². The van der Waals surface area contributed by atoms with Crippen LogP contribution in [0.2, 0.25) is 0 Å². The summed E-state index contributed by atoms with van der Waals surface area (Å²) < 4.78 is 33.3. The molecule has 1 aromatic rings. The molecule has 2 aliphatic rings. The lowest BCUT2D eigenvalue weighted by atomic mass is 10.1. The van der Waals surface area contributed by atoms with Crippen LogP contribution in [0.4, 0.5) is 0 Å². The summed E-state index contributed by atoms with van der Waals surface area (Å²) in [6.07, 6.45) is 0.0946. The zero-order chi connectivity index (χ0) is 19.4. The van der Waals surface area contributed by atoms with E-state index in [2.05, 4.69) is 0 Å². The predicted octanol–water partition coefficient (Wildman–Crippen LogP) is -0.351. The number of carboxylic acid groups (broad SMARTS) is 1. The molecule has 3 rings (SSSR count). The topological polar surface area (TPSA) is 107 Å². The summed E-state index contributed by atoms with van der Waals surface area (Å²) in [4.78, 5) is 25.1. The molecule has 1 amide bonds. The second-order valence-corrected chi connectivity index (χ2v) is 8.41. The van der Waals surface area contributed by atoms with E-state index in [1.165, 1.54) is 20.7 Å². The molecule has 0 unspecified atom stereocenters. The molecule has 0 aromatic heterocycles. The Bertz CT molecular complexity index is 799. The largest absolute Gasteiger partial charge is 0.478 e. The van der Waals surface area contributed by atoms with Crippen LogP contribution >= 0.6 is 0 Å². The Hall–Kier alpha value is -2.01. The van der Waals surface area contributed by atoms with E-state index >= 15 is 0 Å². The van der Waals surface area contributed by atoms with Crippen molar-refractivity contribution in [2.75, 3.05) is 52.5 Å². The summed E-state index contributed by atoms with van der Waals surface area (Å²) in [7, 11) is -3.52. The molecule has 148 valence electrons. The summed E-state index contributed by atoms with van der Waals surface area (Å²) in [5.41, 5.74) is 0.769. The molecule has 0 radical (unpaired) electrons. The third-order valence-corrected chi connectivity index (χ3v) is 6.78. The van der Waals surface area contributed by atoms with E-state index in [1.54, 1.807) is 17.0 Å². The lowest BCUT2D eigenvalue weighted by Gasteiger charge is -2.37. The van der Waals surface area contributed by atoms with Gasteiger partial charge in [-0.05, 0) is 17.7 Å². The number of carboxylic acids is 1. The van der Waals surface area contributed by atoms with Gasteiger partial charge < -0.3 is 14.7 Å². The third-order valence-electron chi connectivity index (χ3n) is 4.74. The van der Waals surface area contributed by atoms with Crippen molar-refractivity contribution >= 4 is 22.1 Å². The number of rotatable bonds is 5. The van der Waals surface area contributed by atoms with Gasteiger partial charge in [0, 0.05) is 39.3 Å². The van der Waals surface area contributed by atoms with E-state index in [4.69, 9.17) is 9.84 Å². The highest BCUT2D eigenvalue weighted by molar-refractivity contribution is 7.86. The highest BCUT2D eigenvalue weighted by Crippen LogP contribution is 2.15. The number of benzene rings is 1. The number of morpholine rings is 1. The third kappa shape index (κ3) is 4.64. The van der Waals surface area contributed by atoms with Crippen LogP contribution in [0.25, 0.3) is 0 Å². The highest BCUT2D eigenvalue weighted by atomic mass is 32.2. The first-order valence-electron chi connectivity index (χ1n) is 8.81. The van der Waals surface area contributed by atoms with E-state index in [9.17, 15) is 18.0 Å². The van der Waals surface area contributed by atoms with E-state index in [0.29, 0.717) is 45.0 Å². The first-order chi connectivity index (χ1) is 12.9. The average molecular weight is 397 g/mol. The maximum absolute atomic E-state index is 12.6. The molecule has 2 aliphatic heterocycles. The number of piperazine rings is 1. The number of ether oxygens (including phenoxy) is 1. The molecule has 2 heterocycles. The van der Waals surface area contributed by atoms with Crippen molar-refractivity contribution in [3.8, 4) is 0 Å². The number of nitrogens with zero attached hydrogens (tertiary/aromatic N) is 3. The molecule has 0 bridgehead atoms. The van der Waals surface area contributed by atoms with Crippen LogP contribution in [0.15, 0.2) is 24.3 Å². The molecule has 0 atom stereocenters. The van der Waals surface area contributed by atoms with Gasteiger partial charge in [0.1, 0.15) is 0 Å².